The Balaban J connectivity index is 0.00000169. The lowest BCUT2D eigenvalue weighted by Gasteiger charge is -2.28. The first-order valence-corrected chi connectivity index (χ1v) is 5.02. The highest BCUT2D eigenvalue weighted by atomic mass is 16.5. The molecule has 3 heteroatoms. The molecule has 1 aliphatic rings. The summed E-state index contributed by atoms with van der Waals surface area (Å²) in [6.45, 7) is 12.0. The van der Waals surface area contributed by atoms with Gasteiger partial charge in [-0.25, -0.2) is 0 Å². The second-order valence-electron chi connectivity index (χ2n) is 4.41. The zero-order valence-corrected chi connectivity index (χ0v) is 9.01. The molecule has 0 atom stereocenters. The van der Waals surface area contributed by atoms with Gasteiger partial charge in [0.05, 0.1) is 25.4 Å². The van der Waals surface area contributed by atoms with Crippen molar-refractivity contribution in [3.8, 4) is 0 Å². The van der Waals surface area contributed by atoms with Gasteiger partial charge in [0, 0.05) is 19.6 Å². The van der Waals surface area contributed by atoms with Crippen LogP contribution in [0.1, 0.15) is 28.2 Å². The Labute approximate surface area is 88.4 Å². The van der Waals surface area contributed by atoms with Crippen molar-refractivity contribution in [2.75, 3.05) is 39.5 Å². The maximum Gasteiger partial charge on any atom is 0.0600 e. The number of ether oxygens (including phenoxy) is 2. The smallest absolute Gasteiger partial charge is 0.0600 e. The quantitative estimate of drug-likeness (QED) is 0.698. The highest BCUT2D eigenvalue weighted by Gasteiger charge is 2.13. The van der Waals surface area contributed by atoms with E-state index in [1.165, 1.54) is 0 Å². The summed E-state index contributed by atoms with van der Waals surface area (Å²) in [5, 5.41) is 0. The minimum atomic E-state index is -0.00765. The Kier molecular flexibility index (Phi) is 6.33. The molecular formula is C11H25NO2. The van der Waals surface area contributed by atoms with Crippen LogP contribution in [0.15, 0.2) is 0 Å². The first-order chi connectivity index (χ1) is 6.08. The van der Waals surface area contributed by atoms with Crippen LogP contribution in [0.2, 0.25) is 0 Å². The highest BCUT2D eigenvalue weighted by Crippen LogP contribution is 2.06. The molecule has 3 nitrogen and oxygen atoms in total. The summed E-state index contributed by atoms with van der Waals surface area (Å²) in [5.41, 5.74) is -0.00765. The Morgan fingerprint density at radius 3 is 2.29 bits per heavy atom. The van der Waals surface area contributed by atoms with Crippen molar-refractivity contribution in [2.45, 2.75) is 33.8 Å². The van der Waals surface area contributed by atoms with E-state index in [1.807, 2.05) is 0 Å². The van der Waals surface area contributed by atoms with Gasteiger partial charge in [0.2, 0.25) is 0 Å². The van der Waals surface area contributed by atoms with Crippen molar-refractivity contribution in [1.82, 2.24) is 4.90 Å². The molecule has 0 aliphatic carbocycles. The van der Waals surface area contributed by atoms with Gasteiger partial charge in [-0.3, -0.25) is 4.90 Å². The van der Waals surface area contributed by atoms with Crippen molar-refractivity contribution >= 4 is 0 Å². The molecule has 86 valence electrons. The van der Waals surface area contributed by atoms with Gasteiger partial charge in [-0.15, -0.1) is 0 Å². The van der Waals surface area contributed by atoms with Crippen molar-refractivity contribution in [3.05, 3.63) is 0 Å². The molecule has 0 aromatic heterocycles. The van der Waals surface area contributed by atoms with Crippen molar-refractivity contribution in [1.29, 1.82) is 0 Å². The molecule has 1 aliphatic heterocycles. The van der Waals surface area contributed by atoms with Crippen LogP contribution >= 0.6 is 0 Å². The largest absolute Gasteiger partial charge is 0.379 e. The third-order valence-electron chi connectivity index (χ3n) is 2.05. The van der Waals surface area contributed by atoms with Crippen LogP contribution in [-0.2, 0) is 9.47 Å². The van der Waals surface area contributed by atoms with Gasteiger partial charge >= 0.3 is 0 Å². The van der Waals surface area contributed by atoms with Gasteiger partial charge in [-0.1, -0.05) is 7.43 Å². The molecular weight excluding hydrogens is 178 g/mol. The molecule has 0 bridgehead atoms. The Hall–Kier alpha value is -0.120. The summed E-state index contributed by atoms with van der Waals surface area (Å²) in [6, 6.07) is 0. The zero-order chi connectivity index (χ0) is 9.73. The molecule has 1 fully saturated rings. The second-order valence-corrected chi connectivity index (χ2v) is 4.41. The van der Waals surface area contributed by atoms with E-state index in [1.54, 1.807) is 0 Å². The van der Waals surface area contributed by atoms with E-state index in [2.05, 4.69) is 25.7 Å². The minimum absolute atomic E-state index is 0. The van der Waals surface area contributed by atoms with Gasteiger partial charge in [0.1, 0.15) is 0 Å². The van der Waals surface area contributed by atoms with Crippen LogP contribution in [0.3, 0.4) is 0 Å². The van der Waals surface area contributed by atoms with Crippen LogP contribution in [0.5, 0.6) is 0 Å². The SMILES string of the molecule is C.CC(C)(C)OCCN1CCOCC1. The summed E-state index contributed by atoms with van der Waals surface area (Å²) in [4.78, 5) is 2.38. The molecule has 0 N–H and O–H groups in total. The summed E-state index contributed by atoms with van der Waals surface area (Å²) in [5.74, 6) is 0. The maximum atomic E-state index is 5.65. The molecule has 0 unspecified atom stereocenters. The lowest BCUT2D eigenvalue weighted by atomic mass is 10.2. The predicted molar refractivity (Wildman–Crippen MR) is 59.7 cm³/mol. The lowest BCUT2D eigenvalue weighted by Crippen LogP contribution is -2.39. The van der Waals surface area contributed by atoms with Crippen molar-refractivity contribution in [3.63, 3.8) is 0 Å². The summed E-state index contributed by atoms with van der Waals surface area (Å²) >= 11 is 0. The lowest BCUT2D eigenvalue weighted by molar-refractivity contribution is -0.0283. The first kappa shape index (κ1) is 13.9. The molecule has 0 amide bonds. The Morgan fingerprint density at radius 1 is 1.21 bits per heavy atom. The molecule has 0 radical (unpaired) electrons. The Morgan fingerprint density at radius 2 is 1.79 bits per heavy atom. The first-order valence-electron chi connectivity index (χ1n) is 5.02. The van der Waals surface area contributed by atoms with Crippen LogP contribution in [0.25, 0.3) is 0 Å². The van der Waals surface area contributed by atoms with Crippen molar-refractivity contribution < 1.29 is 9.47 Å². The predicted octanol–water partition coefficient (Wildman–Crippen LogP) is 1.77. The van der Waals surface area contributed by atoms with E-state index in [-0.39, 0.29) is 13.0 Å². The normalized spacial score (nSPS) is 19.1. The molecule has 1 saturated heterocycles. The number of nitrogens with zero attached hydrogens (tertiary/aromatic N) is 1. The van der Waals surface area contributed by atoms with Gasteiger partial charge in [-0.05, 0) is 20.8 Å². The minimum Gasteiger partial charge on any atom is -0.379 e. The third kappa shape index (κ3) is 6.35. The average Bonchev–Trinajstić information content (AvgIpc) is 2.04. The average molecular weight is 203 g/mol. The van der Waals surface area contributed by atoms with Gasteiger partial charge in [0.25, 0.3) is 0 Å². The number of hydrogen-bond acceptors (Lipinski definition) is 3. The number of morpholine rings is 1. The fraction of sp³-hybridized carbons (Fsp3) is 1.00. The highest BCUT2D eigenvalue weighted by molar-refractivity contribution is 4.63. The summed E-state index contributed by atoms with van der Waals surface area (Å²) < 4.78 is 10.9. The summed E-state index contributed by atoms with van der Waals surface area (Å²) in [7, 11) is 0. The second kappa shape index (κ2) is 6.38. The van der Waals surface area contributed by atoms with E-state index in [4.69, 9.17) is 9.47 Å². The van der Waals surface area contributed by atoms with Gasteiger partial charge in [0.15, 0.2) is 0 Å². The fourth-order valence-electron chi connectivity index (χ4n) is 1.31. The number of rotatable bonds is 3. The molecule has 0 aromatic rings. The number of hydrogen-bond donors (Lipinski definition) is 0. The topological polar surface area (TPSA) is 21.7 Å². The molecule has 0 spiro atoms. The van der Waals surface area contributed by atoms with E-state index in [0.29, 0.717) is 0 Å². The molecule has 0 saturated carbocycles. The molecule has 14 heavy (non-hydrogen) atoms. The standard InChI is InChI=1S/C10H21NO2.CH4/c1-10(2,3)13-9-6-11-4-7-12-8-5-11;/h4-9H2,1-3H3;1H4. The van der Waals surface area contributed by atoms with E-state index >= 15 is 0 Å². The van der Waals surface area contributed by atoms with Gasteiger partial charge in [-0.2, -0.15) is 0 Å². The summed E-state index contributed by atoms with van der Waals surface area (Å²) in [6.07, 6.45) is 0. The molecule has 0 aromatic carbocycles. The van der Waals surface area contributed by atoms with E-state index < -0.39 is 0 Å². The van der Waals surface area contributed by atoms with Crippen LogP contribution in [-0.4, -0.2) is 50.0 Å². The maximum absolute atomic E-state index is 5.65. The third-order valence-corrected chi connectivity index (χ3v) is 2.05. The van der Waals surface area contributed by atoms with E-state index in [9.17, 15) is 0 Å². The Bertz CT molecular complexity index is 137. The van der Waals surface area contributed by atoms with E-state index in [0.717, 1.165) is 39.5 Å². The molecule has 1 heterocycles. The zero-order valence-electron chi connectivity index (χ0n) is 9.01. The van der Waals surface area contributed by atoms with Crippen LogP contribution in [0, 0.1) is 0 Å². The fourth-order valence-corrected chi connectivity index (χ4v) is 1.31. The molecule has 1 rings (SSSR count). The van der Waals surface area contributed by atoms with Gasteiger partial charge < -0.3 is 9.47 Å². The van der Waals surface area contributed by atoms with Crippen molar-refractivity contribution in [2.24, 2.45) is 0 Å². The van der Waals surface area contributed by atoms with Crippen LogP contribution in [0.4, 0.5) is 0 Å². The monoisotopic (exact) mass is 203 g/mol. The van der Waals surface area contributed by atoms with Crippen LogP contribution < -0.4 is 0 Å².